The molecule has 1 atom stereocenters. The summed E-state index contributed by atoms with van der Waals surface area (Å²) in [6.45, 7) is 0.741. The molecule has 0 fully saturated rings. The molecule has 3 aromatic rings. The van der Waals surface area contributed by atoms with E-state index in [1.54, 1.807) is 6.20 Å². The molecule has 0 saturated heterocycles. The van der Waals surface area contributed by atoms with E-state index in [2.05, 4.69) is 27.2 Å². The van der Waals surface area contributed by atoms with Gasteiger partial charge in [0.1, 0.15) is 0 Å². The molecule has 0 amide bonds. The number of fused-ring (bicyclic) bond motifs is 1. The van der Waals surface area contributed by atoms with Crippen molar-refractivity contribution in [3.8, 4) is 0 Å². The lowest BCUT2D eigenvalue weighted by molar-refractivity contribution is 0.170. The van der Waals surface area contributed by atoms with Crippen molar-refractivity contribution in [1.82, 2.24) is 10.2 Å². The van der Waals surface area contributed by atoms with E-state index in [1.165, 1.54) is 0 Å². The van der Waals surface area contributed by atoms with Crippen LogP contribution in [0.1, 0.15) is 18.1 Å². The fourth-order valence-corrected chi connectivity index (χ4v) is 2.81. The van der Waals surface area contributed by atoms with Crippen LogP contribution in [-0.2, 0) is 0 Å². The SMILES string of the molecule is CN(CCC(O)c1cc2cn[nH]c2cc1Cl)c1ccccc1. The Kier molecular flexibility index (Phi) is 4.32. The number of aromatic amines is 1. The lowest BCUT2D eigenvalue weighted by atomic mass is 10.0. The monoisotopic (exact) mass is 315 g/mol. The summed E-state index contributed by atoms with van der Waals surface area (Å²) in [5, 5.41) is 18.8. The zero-order chi connectivity index (χ0) is 15.5. The van der Waals surface area contributed by atoms with Crippen LogP contribution in [0.25, 0.3) is 10.9 Å². The van der Waals surface area contributed by atoms with E-state index >= 15 is 0 Å². The number of rotatable bonds is 5. The Balaban J connectivity index is 1.70. The maximum Gasteiger partial charge on any atom is 0.0821 e. The Labute approximate surface area is 134 Å². The van der Waals surface area contributed by atoms with Crippen LogP contribution in [0.2, 0.25) is 5.02 Å². The number of nitrogens with zero attached hydrogens (tertiary/aromatic N) is 2. The second-order valence-corrected chi connectivity index (χ2v) is 5.80. The molecule has 0 aliphatic rings. The molecular formula is C17H18ClN3O. The van der Waals surface area contributed by atoms with Gasteiger partial charge in [-0.3, -0.25) is 5.10 Å². The number of para-hydroxylation sites is 1. The number of aliphatic hydroxyl groups is 1. The molecule has 3 rings (SSSR count). The van der Waals surface area contributed by atoms with Crippen LogP contribution in [0.5, 0.6) is 0 Å². The van der Waals surface area contributed by atoms with Crippen LogP contribution in [0.3, 0.4) is 0 Å². The summed E-state index contributed by atoms with van der Waals surface area (Å²) in [7, 11) is 2.02. The van der Waals surface area contributed by atoms with Gasteiger partial charge in [0, 0.05) is 29.7 Å². The third kappa shape index (κ3) is 3.08. The standard InChI is InChI=1S/C17H18ClN3O/c1-21(13-5-3-2-4-6-13)8-7-17(22)14-9-12-11-19-20-16(12)10-15(14)18/h2-6,9-11,17,22H,7-8H2,1H3,(H,19,20). The smallest absolute Gasteiger partial charge is 0.0821 e. The van der Waals surface area contributed by atoms with Gasteiger partial charge in [-0.1, -0.05) is 29.8 Å². The van der Waals surface area contributed by atoms with E-state index in [0.717, 1.165) is 28.7 Å². The average molecular weight is 316 g/mol. The zero-order valence-electron chi connectivity index (χ0n) is 12.3. The maximum atomic E-state index is 10.5. The molecule has 0 saturated carbocycles. The zero-order valence-corrected chi connectivity index (χ0v) is 13.1. The fraction of sp³-hybridized carbons (Fsp3) is 0.235. The van der Waals surface area contributed by atoms with E-state index < -0.39 is 6.10 Å². The minimum atomic E-state index is -0.599. The molecule has 0 spiro atoms. The highest BCUT2D eigenvalue weighted by Gasteiger charge is 2.14. The molecular weight excluding hydrogens is 298 g/mol. The first-order chi connectivity index (χ1) is 10.6. The fourth-order valence-electron chi connectivity index (χ4n) is 2.52. The molecule has 2 N–H and O–H groups in total. The van der Waals surface area contributed by atoms with Crippen LogP contribution < -0.4 is 4.90 Å². The number of H-pyrrole nitrogens is 1. The van der Waals surface area contributed by atoms with E-state index in [0.29, 0.717) is 11.4 Å². The number of anilines is 1. The van der Waals surface area contributed by atoms with Crippen LogP contribution >= 0.6 is 11.6 Å². The number of hydrogen-bond acceptors (Lipinski definition) is 3. The molecule has 0 bridgehead atoms. The van der Waals surface area contributed by atoms with Crippen molar-refractivity contribution < 1.29 is 5.11 Å². The van der Waals surface area contributed by atoms with Crippen LogP contribution in [0.4, 0.5) is 5.69 Å². The van der Waals surface area contributed by atoms with Gasteiger partial charge in [0.15, 0.2) is 0 Å². The molecule has 0 aliphatic heterocycles. The Morgan fingerprint density at radius 2 is 2.05 bits per heavy atom. The van der Waals surface area contributed by atoms with Gasteiger partial charge in [-0.25, -0.2) is 0 Å². The van der Waals surface area contributed by atoms with Crippen molar-refractivity contribution in [2.24, 2.45) is 0 Å². The Bertz CT molecular complexity index is 757. The van der Waals surface area contributed by atoms with Crippen molar-refractivity contribution in [2.75, 3.05) is 18.5 Å². The summed E-state index contributed by atoms with van der Waals surface area (Å²) >= 11 is 6.27. The second-order valence-electron chi connectivity index (χ2n) is 5.39. The third-order valence-corrected chi connectivity index (χ3v) is 4.18. The van der Waals surface area contributed by atoms with Gasteiger partial charge >= 0.3 is 0 Å². The van der Waals surface area contributed by atoms with E-state index in [4.69, 9.17) is 11.6 Å². The number of nitrogens with one attached hydrogen (secondary N) is 1. The van der Waals surface area contributed by atoms with Crippen molar-refractivity contribution >= 4 is 28.2 Å². The highest BCUT2D eigenvalue weighted by molar-refractivity contribution is 6.32. The first-order valence-electron chi connectivity index (χ1n) is 7.22. The summed E-state index contributed by atoms with van der Waals surface area (Å²) in [4.78, 5) is 2.12. The lowest BCUT2D eigenvalue weighted by Crippen LogP contribution is -2.20. The first kappa shape index (κ1) is 14.9. The lowest BCUT2D eigenvalue weighted by Gasteiger charge is -2.21. The molecule has 22 heavy (non-hydrogen) atoms. The molecule has 5 heteroatoms. The van der Waals surface area contributed by atoms with Crippen LogP contribution in [0, 0.1) is 0 Å². The van der Waals surface area contributed by atoms with E-state index in [9.17, 15) is 5.11 Å². The van der Waals surface area contributed by atoms with Gasteiger partial charge in [0.05, 0.1) is 17.8 Å². The van der Waals surface area contributed by atoms with Gasteiger partial charge < -0.3 is 10.0 Å². The predicted molar refractivity (Wildman–Crippen MR) is 90.4 cm³/mol. The largest absolute Gasteiger partial charge is 0.388 e. The van der Waals surface area contributed by atoms with Crippen molar-refractivity contribution in [1.29, 1.82) is 0 Å². The van der Waals surface area contributed by atoms with E-state index in [-0.39, 0.29) is 0 Å². The molecule has 2 aromatic carbocycles. The summed E-state index contributed by atoms with van der Waals surface area (Å²) in [5.74, 6) is 0. The number of aliphatic hydroxyl groups excluding tert-OH is 1. The van der Waals surface area contributed by atoms with Crippen LogP contribution in [-0.4, -0.2) is 28.9 Å². The maximum absolute atomic E-state index is 10.5. The Hall–Kier alpha value is -2.04. The molecule has 0 aliphatic carbocycles. The number of hydrogen-bond donors (Lipinski definition) is 2. The van der Waals surface area contributed by atoms with Gasteiger partial charge in [0.25, 0.3) is 0 Å². The molecule has 114 valence electrons. The number of benzene rings is 2. The Morgan fingerprint density at radius 1 is 1.27 bits per heavy atom. The topological polar surface area (TPSA) is 52.1 Å². The predicted octanol–water partition coefficient (Wildman–Crippen LogP) is 3.78. The quantitative estimate of drug-likeness (QED) is 0.753. The van der Waals surface area contributed by atoms with Crippen molar-refractivity contribution in [3.05, 3.63) is 59.2 Å². The molecule has 1 unspecified atom stereocenters. The van der Waals surface area contributed by atoms with Gasteiger partial charge in [-0.15, -0.1) is 0 Å². The van der Waals surface area contributed by atoms with Gasteiger partial charge in [-0.2, -0.15) is 5.10 Å². The first-order valence-corrected chi connectivity index (χ1v) is 7.59. The van der Waals surface area contributed by atoms with Crippen molar-refractivity contribution in [3.63, 3.8) is 0 Å². The second kappa shape index (κ2) is 6.38. The van der Waals surface area contributed by atoms with Crippen molar-refractivity contribution in [2.45, 2.75) is 12.5 Å². The van der Waals surface area contributed by atoms with E-state index in [1.807, 2.05) is 37.4 Å². The summed E-state index contributed by atoms with van der Waals surface area (Å²) in [6, 6.07) is 13.8. The summed E-state index contributed by atoms with van der Waals surface area (Å²) in [5.41, 5.74) is 2.76. The summed E-state index contributed by atoms with van der Waals surface area (Å²) < 4.78 is 0. The number of halogens is 1. The highest BCUT2D eigenvalue weighted by atomic mass is 35.5. The normalized spacial score (nSPS) is 12.5. The highest BCUT2D eigenvalue weighted by Crippen LogP contribution is 2.29. The van der Waals surface area contributed by atoms with Gasteiger partial charge in [-0.05, 0) is 36.2 Å². The number of aromatic nitrogens is 2. The minimum absolute atomic E-state index is 0.562. The summed E-state index contributed by atoms with van der Waals surface area (Å²) in [6.07, 6.45) is 1.74. The van der Waals surface area contributed by atoms with Crippen LogP contribution in [0.15, 0.2) is 48.7 Å². The Morgan fingerprint density at radius 3 is 2.82 bits per heavy atom. The third-order valence-electron chi connectivity index (χ3n) is 3.85. The molecule has 0 radical (unpaired) electrons. The molecule has 1 aromatic heterocycles. The molecule has 1 heterocycles. The van der Waals surface area contributed by atoms with Gasteiger partial charge in [0.2, 0.25) is 0 Å². The molecule has 4 nitrogen and oxygen atoms in total. The minimum Gasteiger partial charge on any atom is -0.388 e. The average Bonchev–Trinajstić information content (AvgIpc) is 2.99.